The number of rotatable bonds is 4. The fourth-order valence-electron chi connectivity index (χ4n) is 2.14. The summed E-state index contributed by atoms with van der Waals surface area (Å²) < 4.78 is 19.7. The Bertz CT molecular complexity index is 621. The summed E-state index contributed by atoms with van der Waals surface area (Å²) in [4.78, 5) is 0. The molecule has 20 heavy (non-hydrogen) atoms. The molecule has 0 fully saturated rings. The highest BCUT2D eigenvalue weighted by Crippen LogP contribution is 2.34. The molecule has 5 heteroatoms. The normalized spacial score (nSPS) is 12.2. The molecule has 2 aromatic rings. The van der Waals surface area contributed by atoms with E-state index in [4.69, 9.17) is 16.3 Å². The fourth-order valence-corrected chi connectivity index (χ4v) is 2.93. The molecule has 2 rings (SSSR count). The molecule has 2 nitrogen and oxygen atoms in total. The number of benzene rings is 2. The Kier molecular flexibility index (Phi) is 5.02. The third-order valence-electron chi connectivity index (χ3n) is 3.06. The molecule has 0 saturated heterocycles. The molecule has 0 spiro atoms. The predicted molar refractivity (Wildman–Crippen MR) is 83.0 cm³/mol. The Morgan fingerprint density at radius 1 is 1.20 bits per heavy atom. The first kappa shape index (κ1) is 15.3. The average Bonchev–Trinajstić information content (AvgIpc) is 2.42. The van der Waals surface area contributed by atoms with Crippen molar-refractivity contribution in [1.29, 1.82) is 0 Å². The summed E-state index contributed by atoms with van der Waals surface area (Å²) in [6, 6.07) is 9.81. The van der Waals surface area contributed by atoms with Gasteiger partial charge in [0.1, 0.15) is 11.6 Å². The van der Waals surface area contributed by atoms with Gasteiger partial charge in [-0.2, -0.15) is 0 Å². The molecule has 0 aliphatic rings. The zero-order valence-electron chi connectivity index (χ0n) is 11.1. The first-order valence-corrected chi connectivity index (χ1v) is 7.19. The Labute approximate surface area is 131 Å². The van der Waals surface area contributed by atoms with Crippen LogP contribution in [0.15, 0.2) is 40.9 Å². The quantitative estimate of drug-likeness (QED) is 0.865. The maximum absolute atomic E-state index is 13.5. The zero-order valence-corrected chi connectivity index (χ0v) is 13.4. The molecule has 106 valence electrons. The summed E-state index contributed by atoms with van der Waals surface area (Å²) >= 11 is 9.66. The molecule has 0 aliphatic heterocycles. The van der Waals surface area contributed by atoms with E-state index in [9.17, 15) is 4.39 Å². The van der Waals surface area contributed by atoms with Gasteiger partial charge in [-0.3, -0.25) is 0 Å². The van der Waals surface area contributed by atoms with Gasteiger partial charge >= 0.3 is 0 Å². The Balaban J connectivity index is 2.54. The standard InChI is InChI=1S/C15H14BrClFNO/c1-19-15(11-5-3-9(16)7-13(11)17)12-8-10(18)4-6-14(12)20-2/h3-8,15,19H,1-2H3. The Morgan fingerprint density at radius 2 is 1.95 bits per heavy atom. The SMILES string of the molecule is CNC(c1ccc(Br)cc1Cl)c1cc(F)ccc1OC. The zero-order chi connectivity index (χ0) is 14.7. The molecule has 0 amide bonds. The van der Waals surface area contributed by atoms with E-state index in [2.05, 4.69) is 21.2 Å². The topological polar surface area (TPSA) is 21.3 Å². The maximum atomic E-state index is 13.5. The van der Waals surface area contributed by atoms with E-state index in [1.165, 1.54) is 12.1 Å². The van der Waals surface area contributed by atoms with Crippen molar-refractivity contribution in [2.75, 3.05) is 14.2 Å². The highest BCUT2D eigenvalue weighted by molar-refractivity contribution is 9.10. The van der Waals surface area contributed by atoms with Crippen LogP contribution in [-0.2, 0) is 0 Å². The van der Waals surface area contributed by atoms with E-state index in [1.54, 1.807) is 20.2 Å². The predicted octanol–water partition coefficient (Wildman–Crippen LogP) is 4.56. The van der Waals surface area contributed by atoms with Gasteiger partial charge in [0.25, 0.3) is 0 Å². The third kappa shape index (κ3) is 3.14. The number of hydrogen-bond donors (Lipinski definition) is 1. The van der Waals surface area contributed by atoms with Crippen LogP contribution in [-0.4, -0.2) is 14.2 Å². The van der Waals surface area contributed by atoms with Crippen LogP contribution in [0.5, 0.6) is 5.75 Å². The molecular weight excluding hydrogens is 345 g/mol. The minimum absolute atomic E-state index is 0.249. The summed E-state index contributed by atoms with van der Waals surface area (Å²) in [6.07, 6.45) is 0. The average molecular weight is 359 g/mol. The maximum Gasteiger partial charge on any atom is 0.124 e. The Hall–Kier alpha value is -1.10. The van der Waals surface area contributed by atoms with Gasteiger partial charge in [-0.15, -0.1) is 0 Å². The van der Waals surface area contributed by atoms with Crippen LogP contribution < -0.4 is 10.1 Å². The van der Waals surface area contributed by atoms with Gasteiger partial charge in [-0.25, -0.2) is 4.39 Å². The summed E-state index contributed by atoms with van der Waals surface area (Å²) in [5.41, 5.74) is 1.57. The van der Waals surface area contributed by atoms with Gasteiger partial charge < -0.3 is 10.1 Å². The largest absolute Gasteiger partial charge is 0.496 e. The van der Waals surface area contributed by atoms with Crippen LogP contribution in [0.3, 0.4) is 0 Å². The van der Waals surface area contributed by atoms with Gasteiger partial charge in [0.05, 0.1) is 13.2 Å². The Morgan fingerprint density at radius 3 is 2.55 bits per heavy atom. The molecule has 0 bridgehead atoms. The highest BCUT2D eigenvalue weighted by Gasteiger charge is 2.19. The number of methoxy groups -OCH3 is 1. The van der Waals surface area contributed by atoms with E-state index in [1.807, 2.05) is 18.2 Å². The van der Waals surface area contributed by atoms with E-state index < -0.39 is 0 Å². The fraction of sp³-hybridized carbons (Fsp3) is 0.200. The van der Waals surface area contributed by atoms with E-state index in [0.717, 1.165) is 10.0 Å². The lowest BCUT2D eigenvalue weighted by atomic mass is 9.97. The van der Waals surface area contributed by atoms with Gasteiger partial charge in [0.15, 0.2) is 0 Å². The van der Waals surface area contributed by atoms with Crippen molar-refractivity contribution in [2.24, 2.45) is 0 Å². The van der Waals surface area contributed by atoms with E-state index in [-0.39, 0.29) is 11.9 Å². The molecule has 1 unspecified atom stereocenters. The molecule has 0 aromatic heterocycles. The molecule has 0 heterocycles. The van der Waals surface area contributed by atoms with Crippen LogP contribution in [0.1, 0.15) is 17.2 Å². The lowest BCUT2D eigenvalue weighted by molar-refractivity contribution is 0.404. The van der Waals surface area contributed by atoms with Gasteiger partial charge in [0, 0.05) is 15.1 Å². The molecular formula is C15H14BrClFNO. The summed E-state index contributed by atoms with van der Waals surface area (Å²) in [5, 5.41) is 3.75. The third-order valence-corrected chi connectivity index (χ3v) is 3.89. The van der Waals surface area contributed by atoms with Crippen LogP contribution in [0.4, 0.5) is 4.39 Å². The van der Waals surface area contributed by atoms with Crippen LogP contribution in [0.25, 0.3) is 0 Å². The van der Waals surface area contributed by atoms with Gasteiger partial charge in [-0.05, 0) is 42.9 Å². The second-order valence-corrected chi connectivity index (χ2v) is 5.60. The molecule has 0 radical (unpaired) electrons. The first-order chi connectivity index (χ1) is 9.56. The van der Waals surface area contributed by atoms with E-state index in [0.29, 0.717) is 16.3 Å². The minimum Gasteiger partial charge on any atom is -0.496 e. The van der Waals surface area contributed by atoms with Crippen LogP contribution in [0.2, 0.25) is 5.02 Å². The summed E-state index contributed by atoms with van der Waals surface area (Å²) in [7, 11) is 3.36. The van der Waals surface area contributed by atoms with Crippen molar-refractivity contribution in [2.45, 2.75) is 6.04 Å². The van der Waals surface area contributed by atoms with Gasteiger partial charge in [0.2, 0.25) is 0 Å². The van der Waals surface area contributed by atoms with Crippen molar-refractivity contribution in [3.05, 3.63) is 62.8 Å². The number of hydrogen-bond acceptors (Lipinski definition) is 2. The van der Waals surface area contributed by atoms with Crippen molar-refractivity contribution in [3.8, 4) is 5.75 Å². The number of halogens is 3. The summed E-state index contributed by atoms with van der Waals surface area (Å²) in [5.74, 6) is 0.305. The van der Waals surface area contributed by atoms with E-state index >= 15 is 0 Å². The van der Waals surface area contributed by atoms with Crippen molar-refractivity contribution >= 4 is 27.5 Å². The second-order valence-electron chi connectivity index (χ2n) is 4.27. The van der Waals surface area contributed by atoms with Crippen molar-refractivity contribution < 1.29 is 9.13 Å². The summed E-state index contributed by atoms with van der Waals surface area (Å²) in [6.45, 7) is 0. The first-order valence-electron chi connectivity index (χ1n) is 6.02. The lowest BCUT2D eigenvalue weighted by Crippen LogP contribution is -2.19. The molecule has 2 aromatic carbocycles. The smallest absolute Gasteiger partial charge is 0.124 e. The van der Waals surface area contributed by atoms with Crippen LogP contribution in [0, 0.1) is 5.82 Å². The molecule has 0 aliphatic carbocycles. The highest BCUT2D eigenvalue weighted by atomic mass is 79.9. The monoisotopic (exact) mass is 357 g/mol. The van der Waals surface area contributed by atoms with Crippen molar-refractivity contribution in [1.82, 2.24) is 5.32 Å². The second kappa shape index (κ2) is 6.57. The minimum atomic E-state index is -0.311. The molecule has 0 saturated carbocycles. The van der Waals surface area contributed by atoms with Gasteiger partial charge in [-0.1, -0.05) is 33.6 Å². The molecule has 1 atom stereocenters. The number of ether oxygens (including phenoxy) is 1. The molecule has 1 N–H and O–H groups in total. The lowest BCUT2D eigenvalue weighted by Gasteiger charge is -2.21. The van der Waals surface area contributed by atoms with Crippen LogP contribution >= 0.6 is 27.5 Å². The number of nitrogens with one attached hydrogen (secondary N) is 1. The van der Waals surface area contributed by atoms with Crippen molar-refractivity contribution in [3.63, 3.8) is 0 Å².